The molecule has 1 N–H and O–H groups in total. The molecule has 0 aliphatic heterocycles. The van der Waals surface area contributed by atoms with Gasteiger partial charge >= 0.3 is 0 Å². The van der Waals surface area contributed by atoms with E-state index in [1.807, 2.05) is 24.0 Å². The first-order valence-electron chi connectivity index (χ1n) is 4.84. The summed E-state index contributed by atoms with van der Waals surface area (Å²) in [6.45, 7) is 4.62. The van der Waals surface area contributed by atoms with Crippen molar-refractivity contribution in [2.24, 2.45) is 12.5 Å². The van der Waals surface area contributed by atoms with E-state index >= 15 is 0 Å². The van der Waals surface area contributed by atoms with Crippen LogP contribution in [0.2, 0.25) is 0 Å². The van der Waals surface area contributed by atoms with Crippen LogP contribution in [0, 0.1) is 5.41 Å². The predicted octanol–water partition coefficient (Wildman–Crippen LogP) is 2.02. The molecule has 0 aromatic carbocycles. The number of nitrogens with zero attached hydrogens (tertiary/aromatic N) is 2. The number of rotatable bonds is 2. The molecule has 1 fully saturated rings. The van der Waals surface area contributed by atoms with Crippen LogP contribution in [0.5, 0.6) is 0 Å². The first kappa shape index (κ1) is 8.60. The molecule has 0 bridgehead atoms. The van der Waals surface area contributed by atoms with Gasteiger partial charge in [-0.05, 0) is 18.3 Å². The molecule has 0 radical (unpaired) electrons. The maximum atomic E-state index is 4.13. The first-order valence-corrected chi connectivity index (χ1v) is 4.84. The Morgan fingerprint density at radius 2 is 2.38 bits per heavy atom. The van der Waals surface area contributed by atoms with Crippen molar-refractivity contribution in [3.8, 4) is 0 Å². The number of aryl methyl sites for hydroxylation is 1. The average molecular weight is 179 g/mol. The molecule has 72 valence electrons. The summed E-state index contributed by atoms with van der Waals surface area (Å²) in [5.74, 6) is 1.12. The maximum Gasteiger partial charge on any atom is 0.124 e. The van der Waals surface area contributed by atoms with E-state index in [9.17, 15) is 0 Å². The van der Waals surface area contributed by atoms with Crippen LogP contribution in [0.15, 0.2) is 12.3 Å². The third-order valence-electron chi connectivity index (χ3n) is 3.16. The molecule has 3 heteroatoms. The minimum Gasteiger partial charge on any atom is -0.367 e. The van der Waals surface area contributed by atoms with Gasteiger partial charge in [0.15, 0.2) is 0 Å². The number of anilines is 1. The molecule has 1 saturated carbocycles. The van der Waals surface area contributed by atoms with Crippen LogP contribution in [-0.4, -0.2) is 15.8 Å². The Morgan fingerprint density at radius 3 is 2.77 bits per heavy atom. The number of hydrogen-bond acceptors (Lipinski definition) is 2. The Labute approximate surface area is 79.1 Å². The van der Waals surface area contributed by atoms with E-state index < -0.39 is 0 Å². The van der Waals surface area contributed by atoms with E-state index in [2.05, 4.69) is 24.3 Å². The molecule has 13 heavy (non-hydrogen) atoms. The lowest BCUT2D eigenvalue weighted by molar-refractivity contribution is 0.159. The summed E-state index contributed by atoms with van der Waals surface area (Å²) in [7, 11) is 1.97. The highest BCUT2D eigenvalue weighted by atomic mass is 15.3. The number of aromatic nitrogens is 2. The maximum absolute atomic E-state index is 4.13. The van der Waals surface area contributed by atoms with Gasteiger partial charge in [-0.3, -0.25) is 4.68 Å². The summed E-state index contributed by atoms with van der Waals surface area (Å²) in [6.07, 6.45) is 4.43. The van der Waals surface area contributed by atoms with Crippen molar-refractivity contribution in [2.45, 2.75) is 32.7 Å². The average Bonchev–Trinajstić information content (AvgIpc) is 2.45. The summed E-state index contributed by atoms with van der Waals surface area (Å²) in [5.41, 5.74) is 0.449. The quantitative estimate of drug-likeness (QED) is 0.752. The van der Waals surface area contributed by atoms with Crippen molar-refractivity contribution in [3.05, 3.63) is 12.3 Å². The molecule has 1 aromatic heterocycles. The summed E-state index contributed by atoms with van der Waals surface area (Å²) in [4.78, 5) is 0. The van der Waals surface area contributed by atoms with Gasteiger partial charge in [0.1, 0.15) is 5.82 Å². The molecule has 1 atom stereocenters. The van der Waals surface area contributed by atoms with Gasteiger partial charge in [-0.25, -0.2) is 0 Å². The van der Waals surface area contributed by atoms with Gasteiger partial charge in [0.25, 0.3) is 0 Å². The Balaban J connectivity index is 2.03. The van der Waals surface area contributed by atoms with Gasteiger partial charge in [0.2, 0.25) is 0 Å². The predicted molar refractivity (Wildman–Crippen MR) is 53.6 cm³/mol. The fourth-order valence-corrected chi connectivity index (χ4v) is 1.83. The van der Waals surface area contributed by atoms with Crippen LogP contribution in [0.4, 0.5) is 5.82 Å². The minimum atomic E-state index is 0.449. The van der Waals surface area contributed by atoms with Crippen molar-refractivity contribution in [2.75, 3.05) is 5.32 Å². The first-order chi connectivity index (χ1) is 6.09. The lowest BCUT2D eigenvalue weighted by Gasteiger charge is -2.45. The van der Waals surface area contributed by atoms with E-state index in [0.717, 1.165) is 5.82 Å². The molecule has 1 heterocycles. The van der Waals surface area contributed by atoms with Gasteiger partial charge in [-0.1, -0.05) is 13.8 Å². The fourth-order valence-electron chi connectivity index (χ4n) is 1.83. The van der Waals surface area contributed by atoms with Crippen LogP contribution < -0.4 is 5.32 Å². The van der Waals surface area contributed by atoms with E-state index in [-0.39, 0.29) is 0 Å². The van der Waals surface area contributed by atoms with Crippen molar-refractivity contribution in [1.82, 2.24) is 9.78 Å². The molecule has 0 spiro atoms. The van der Waals surface area contributed by atoms with Crippen molar-refractivity contribution >= 4 is 5.82 Å². The molecular weight excluding hydrogens is 162 g/mol. The molecule has 0 amide bonds. The van der Waals surface area contributed by atoms with Crippen LogP contribution >= 0.6 is 0 Å². The molecule has 1 aliphatic rings. The molecule has 3 nitrogen and oxygen atoms in total. The third kappa shape index (κ3) is 1.43. The zero-order valence-corrected chi connectivity index (χ0v) is 8.54. The standard InChI is InChI=1S/C10H17N3/c1-10(2)6-4-8(10)12-9-5-7-11-13(9)3/h5,7-8,12H,4,6H2,1-3H3. The van der Waals surface area contributed by atoms with Crippen LogP contribution in [0.1, 0.15) is 26.7 Å². The summed E-state index contributed by atoms with van der Waals surface area (Å²) in [5, 5.41) is 7.65. The van der Waals surface area contributed by atoms with Gasteiger partial charge in [-0.15, -0.1) is 0 Å². The minimum absolute atomic E-state index is 0.449. The molecule has 1 aromatic rings. The molecule has 0 saturated heterocycles. The van der Waals surface area contributed by atoms with E-state index in [1.54, 1.807) is 0 Å². The normalized spacial score (nSPS) is 25.3. The van der Waals surface area contributed by atoms with Crippen molar-refractivity contribution in [1.29, 1.82) is 0 Å². The Bertz CT molecular complexity index is 301. The van der Waals surface area contributed by atoms with E-state index in [1.165, 1.54) is 12.8 Å². The highest BCUT2D eigenvalue weighted by Gasteiger charge is 2.38. The Hall–Kier alpha value is -0.990. The van der Waals surface area contributed by atoms with Gasteiger partial charge in [-0.2, -0.15) is 5.10 Å². The van der Waals surface area contributed by atoms with Crippen molar-refractivity contribution < 1.29 is 0 Å². The molecule has 1 aliphatic carbocycles. The highest BCUT2D eigenvalue weighted by molar-refractivity contribution is 5.36. The monoisotopic (exact) mass is 179 g/mol. The van der Waals surface area contributed by atoms with E-state index in [4.69, 9.17) is 0 Å². The molecule has 2 rings (SSSR count). The Morgan fingerprint density at radius 1 is 1.62 bits per heavy atom. The van der Waals surface area contributed by atoms with E-state index in [0.29, 0.717) is 11.5 Å². The zero-order chi connectivity index (χ0) is 9.47. The zero-order valence-electron chi connectivity index (χ0n) is 8.54. The largest absolute Gasteiger partial charge is 0.367 e. The summed E-state index contributed by atoms with van der Waals surface area (Å²) in [6, 6.07) is 2.64. The lowest BCUT2D eigenvalue weighted by atomic mass is 9.67. The van der Waals surface area contributed by atoms with Crippen LogP contribution in [0.3, 0.4) is 0 Å². The summed E-state index contributed by atoms with van der Waals surface area (Å²) >= 11 is 0. The number of hydrogen-bond donors (Lipinski definition) is 1. The topological polar surface area (TPSA) is 29.9 Å². The van der Waals surface area contributed by atoms with Gasteiger partial charge < -0.3 is 5.32 Å². The summed E-state index contributed by atoms with van der Waals surface area (Å²) < 4.78 is 1.88. The molecular formula is C10H17N3. The number of nitrogens with one attached hydrogen (secondary N) is 1. The van der Waals surface area contributed by atoms with Crippen LogP contribution in [-0.2, 0) is 7.05 Å². The second kappa shape index (κ2) is 2.76. The van der Waals surface area contributed by atoms with Gasteiger partial charge in [0, 0.05) is 19.2 Å². The third-order valence-corrected chi connectivity index (χ3v) is 3.16. The van der Waals surface area contributed by atoms with Gasteiger partial charge in [0.05, 0.1) is 6.20 Å². The van der Waals surface area contributed by atoms with Crippen LogP contribution in [0.25, 0.3) is 0 Å². The Kier molecular flexibility index (Phi) is 1.82. The SMILES string of the molecule is Cn1nccc1NC1CCC1(C)C. The highest BCUT2D eigenvalue weighted by Crippen LogP contribution is 2.41. The second-order valence-electron chi connectivity index (χ2n) is 4.56. The second-order valence-corrected chi connectivity index (χ2v) is 4.56. The molecule has 1 unspecified atom stereocenters. The lowest BCUT2D eigenvalue weighted by Crippen LogP contribution is -2.45. The smallest absolute Gasteiger partial charge is 0.124 e. The van der Waals surface area contributed by atoms with Crippen molar-refractivity contribution in [3.63, 3.8) is 0 Å². The fraction of sp³-hybridized carbons (Fsp3) is 0.700.